The standard InChI is InChI=1S/C12H17N3O3/c1-13-10(12(16)17)11-14-5-2-9(15-11)8-3-6-18-7-4-8/h2,5,8,10,13H,3-4,6-7H2,1H3,(H,16,17). The second kappa shape index (κ2) is 5.88. The Labute approximate surface area is 105 Å². The minimum absolute atomic E-state index is 0.314. The highest BCUT2D eigenvalue weighted by Gasteiger charge is 2.23. The highest BCUT2D eigenvalue weighted by molar-refractivity contribution is 5.74. The van der Waals surface area contributed by atoms with Gasteiger partial charge in [0.2, 0.25) is 0 Å². The number of carbonyl (C=O) groups is 1. The van der Waals surface area contributed by atoms with Gasteiger partial charge in [-0.3, -0.25) is 4.79 Å². The Balaban J connectivity index is 2.20. The van der Waals surface area contributed by atoms with Gasteiger partial charge in [0, 0.05) is 31.0 Å². The molecule has 0 bridgehead atoms. The monoisotopic (exact) mass is 251 g/mol. The second-order valence-corrected chi connectivity index (χ2v) is 4.29. The fourth-order valence-corrected chi connectivity index (χ4v) is 2.11. The number of ether oxygens (including phenoxy) is 1. The lowest BCUT2D eigenvalue weighted by atomic mass is 9.96. The van der Waals surface area contributed by atoms with E-state index >= 15 is 0 Å². The maximum absolute atomic E-state index is 11.1. The van der Waals surface area contributed by atoms with Crippen molar-refractivity contribution in [1.82, 2.24) is 15.3 Å². The van der Waals surface area contributed by atoms with Crippen LogP contribution in [0.3, 0.4) is 0 Å². The van der Waals surface area contributed by atoms with E-state index in [9.17, 15) is 4.79 Å². The van der Waals surface area contributed by atoms with Crippen molar-refractivity contribution in [2.24, 2.45) is 0 Å². The van der Waals surface area contributed by atoms with Crippen molar-refractivity contribution in [3.05, 3.63) is 23.8 Å². The van der Waals surface area contributed by atoms with Crippen molar-refractivity contribution in [2.75, 3.05) is 20.3 Å². The molecule has 1 aromatic rings. The van der Waals surface area contributed by atoms with Crippen molar-refractivity contribution in [1.29, 1.82) is 0 Å². The molecule has 0 aliphatic carbocycles. The Morgan fingerprint density at radius 3 is 2.89 bits per heavy atom. The van der Waals surface area contributed by atoms with E-state index in [0.717, 1.165) is 31.7 Å². The Bertz CT molecular complexity index is 419. The minimum atomic E-state index is -0.971. The largest absolute Gasteiger partial charge is 0.480 e. The van der Waals surface area contributed by atoms with Gasteiger partial charge >= 0.3 is 5.97 Å². The van der Waals surface area contributed by atoms with Crippen LogP contribution in [0.15, 0.2) is 12.3 Å². The van der Waals surface area contributed by atoms with Crippen LogP contribution in [0.4, 0.5) is 0 Å². The maximum atomic E-state index is 11.1. The molecule has 0 spiro atoms. The van der Waals surface area contributed by atoms with Crippen LogP contribution >= 0.6 is 0 Å². The van der Waals surface area contributed by atoms with Crippen molar-refractivity contribution < 1.29 is 14.6 Å². The van der Waals surface area contributed by atoms with Gasteiger partial charge < -0.3 is 15.2 Å². The van der Waals surface area contributed by atoms with Gasteiger partial charge in [0.25, 0.3) is 0 Å². The number of aliphatic carboxylic acids is 1. The number of nitrogens with one attached hydrogen (secondary N) is 1. The number of nitrogens with zero attached hydrogens (tertiary/aromatic N) is 2. The van der Waals surface area contributed by atoms with E-state index in [-0.39, 0.29) is 0 Å². The molecular weight excluding hydrogens is 234 g/mol. The third-order valence-electron chi connectivity index (χ3n) is 3.13. The third kappa shape index (κ3) is 2.83. The molecule has 1 atom stereocenters. The number of hydrogen-bond donors (Lipinski definition) is 2. The van der Waals surface area contributed by atoms with Gasteiger partial charge in [0.05, 0.1) is 0 Å². The predicted octanol–water partition coefficient (Wildman–Crippen LogP) is 0.716. The number of aromatic nitrogens is 2. The molecule has 0 aromatic carbocycles. The highest BCUT2D eigenvalue weighted by atomic mass is 16.5. The number of likely N-dealkylation sites (N-methyl/N-ethyl adjacent to an activating group) is 1. The molecule has 0 saturated carbocycles. The number of carboxylic acids is 1. The summed E-state index contributed by atoms with van der Waals surface area (Å²) >= 11 is 0. The summed E-state index contributed by atoms with van der Waals surface area (Å²) in [5, 5.41) is 11.8. The van der Waals surface area contributed by atoms with Crippen molar-refractivity contribution in [3.8, 4) is 0 Å². The van der Waals surface area contributed by atoms with Crippen LogP contribution < -0.4 is 5.32 Å². The molecular formula is C12H17N3O3. The zero-order valence-electron chi connectivity index (χ0n) is 10.3. The van der Waals surface area contributed by atoms with Crippen molar-refractivity contribution >= 4 is 5.97 Å². The normalized spacial score (nSPS) is 18.5. The molecule has 18 heavy (non-hydrogen) atoms. The van der Waals surface area contributed by atoms with E-state index < -0.39 is 12.0 Å². The SMILES string of the molecule is CNC(C(=O)O)c1nccc(C2CCOCC2)n1. The van der Waals surface area contributed by atoms with Gasteiger partial charge in [0.15, 0.2) is 11.9 Å². The van der Waals surface area contributed by atoms with Crippen LogP contribution in [-0.2, 0) is 9.53 Å². The van der Waals surface area contributed by atoms with E-state index in [0.29, 0.717) is 11.7 Å². The lowest BCUT2D eigenvalue weighted by molar-refractivity contribution is -0.139. The molecule has 6 heteroatoms. The maximum Gasteiger partial charge on any atom is 0.328 e. The van der Waals surface area contributed by atoms with Crippen LogP contribution in [0, 0.1) is 0 Å². The Hall–Kier alpha value is -1.53. The average Bonchev–Trinajstić information content (AvgIpc) is 2.40. The predicted molar refractivity (Wildman–Crippen MR) is 64.3 cm³/mol. The van der Waals surface area contributed by atoms with E-state index in [1.165, 1.54) is 0 Å². The van der Waals surface area contributed by atoms with E-state index in [1.807, 2.05) is 6.07 Å². The summed E-state index contributed by atoms with van der Waals surface area (Å²) in [4.78, 5) is 19.5. The molecule has 2 heterocycles. The van der Waals surface area contributed by atoms with Gasteiger partial charge in [-0.05, 0) is 26.0 Å². The van der Waals surface area contributed by atoms with Crippen LogP contribution in [0.25, 0.3) is 0 Å². The smallest absolute Gasteiger partial charge is 0.328 e. The zero-order valence-corrected chi connectivity index (χ0v) is 10.3. The lowest BCUT2D eigenvalue weighted by Gasteiger charge is -2.22. The van der Waals surface area contributed by atoms with Gasteiger partial charge in [0.1, 0.15) is 0 Å². The summed E-state index contributed by atoms with van der Waals surface area (Å²) < 4.78 is 5.31. The minimum Gasteiger partial charge on any atom is -0.480 e. The number of carboxylic acid groups (broad SMARTS) is 1. The van der Waals surface area contributed by atoms with E-state index in [1.54, 1.807) is 13.2 Å². The molecule has 0 radical (unpaired) electrons. The van der Waals surface area contributed by atoms with Crippen LogP contribution in [0.5, 0.6) is 0 Å². The highest BCUT2D eigenvalue weighted by Crippen LogP contribution is 2.25. The van der Waals surface area contributed by atoms with Gasteiger partial charge in [-0.15, -0.1) is 0 Å². The number of hydrogen-bond acceptors (Lipinski definition) is 5. The molecule has 1 unspecified atom stereocenters. The van der Waals surface area contributed by atoms with Crippen molar-refractivity contribution in [2.45, 2.75) is 24.8 Å². The van der Waals surface area contributed by atoms with Gasteiger partial charge in [-0.1, -0.05) is 0 Å². The second-order valence-electron chi connectivity index (χ2n) is 4.29. The molecule has 2 N–H and O–H groups in total. The summed E-state index contributed by atoms with van der Waals surface area (Å²) in [6, 6.07) is 0.999. The first-order valence-corrected chi connectivity index (χ1v) is 6.03. The molecule has 1 aliphatic heterocycles. The summed E-state index contributed by atoms with van der Waals surface area (Å²) in [5.41, 5.74) is 0.907. The lowest BCUT2D eigenvalue weighted by Crippen LogP contribution is -2.27. The quantitative estimate of drug-likeness (QED) is 0.820. The first-order chi connectivity index (χ1) is 8.72. The van der Waals surface area contributed by atoms with Crippen LogP contribution in [-0.4, -0.2) is 41.3 Å². The molecule has 2 rings (SSSR count). The topological polar surface area (TPSA) is 84.3 Å². The van der Waals surface area contributed by atoms with E-state index in [2.05, 4.69) is 15.3 Å². The molecule has 98 valence electrons. The molecule has 0 amide bonds. The van der Waals surface area contributed by atoms with Crippen molar-refractivity contribution in [3.63, 3.8) is 0 Å². The summed E-state index contributed by atoms with van der Waals surface area (Å²) in [6.07, 6.45) is 3.47. The first-order valence-electron chi connectivity index (χ1n) is 6.03. The molecule has 1 fully saturated rings. The van der Waals surface area contributed by atoms with Crippen LogP contribution in [0.1, 0.15) is 36.3 Å². The zero-order chi connectivity index (χ0) is 13.0. The molecule has 6 nitrogen and oxygen atoms in total. The van der Waals surface area contributed by atoms with E-state index in [4.69, 9.17) is 9.84 Å². The third-order valence-corrected chi connectivity index (χ3v) is 3.13. The fraction of sp³-hybridized carbons (Fsp3) is 0.583. The Morgan fingerprint density at radius 2 is 2.28 bits per heavy atom. The van der Waals surface area contributed by atoms with Crippen LogP contribution in [0.2, 0.25) is 0 Å². The molecule has 1 aromatic heterocycles. The average molecular weight is 251 g/mol. The Morgan fingerprint density at radius 1 is 1.56 bits per heavy atom. The number of rotatable bonds is 4. The Kier molecular flexibility index (Phi) is 4.22. The summed E-state index contributed by atoms with van der Waals surface area (Å²) in [6.45, 7) is 1.47. The summed E-state index contributed by atoms with van der Waals surface area (Å²) in [5.74, 6) is -0.317. The fourth-order valence-electron chi connectivity index (χ4n) is 2.11. The first kappa shape index (κ1) is 12.9. The van der Waals surface area contributed by atoms with Gasteiger partial charge in [-0.25, -0.2) is 9.97 Å². The summed E-state index contributed by atoms with van der Waals surface area (Å²) in [7, 11) is 1.59. The van der Waals surface area contributed by atoms with Gasteiger partial charge in [-0.2, -0.15) is 0 Å². The molecule has 1 saturated heterocycles. The molecule has 1 aliphatic rings.